The predicted molar refractivity (Wildman–Crippen MR) is 78.4 cm³/mol. The van der Waals surface area contributed by atoms with Gasteiger partial charge in [-0.1, -0.05) is 13.0 Å². The van der Waals surface area contributed by atoms with Crippen molar-refractivity contribution in [3.63, 3.8) is 0 Å². The van der Waals surface area contributed by atoms with Gasteiger partial charge in [-0.25, -0.2) is 9.50 Å². The third kappa shape index (κ3) is 2.76. The summed E-state index contributed by atoms with van der Waals surface area (Å²) in [5.74, 6) is 0.855. The number of hydrogen-bond donors (Lipinski definition) is 0. The van der Waals surface area contributed by atoms with Crippen molar-refractivity contribution < 1.29 is 9.53 Å². The molecule has 0 atom stereocenters. The van der Waals surface area contributed by atoms with Gasteiger partial charge in [-0.05, 0) is 36.4 Å². The molecule has 2 heterocycles. The van der Waals surface area contributed by atoms with E-state index in [4.69, 9.17) is 4.74 Å². The third-order valence-corrected chi connectivity index (χ3v) is 3.26. The average molecular weight is 281 g/mol. The van der Waals surface area contributed by atoms with E-state index in [2.05, 4.69) is 10.1 Å². The van der Waals surface area contributed by atoms with Crippen molar-refractivity contribution >= 4 is 11.4 Å². The van der Waals surface area contributed by atoms with E-state index in [1.54, 1.807) is 16.6 Å². The smallest absolute Gasteiger partial charge is 0.162 e. The number of rotatable bonds is 5. The maximum absolute atomic E-state index is 11.6. The zero-order valence-corrected chi connectivity index (χ0v) is 11.7. The first kappa shape index (κ1) is 13.3. The Morgan fingerprint density at radius 3 is 2.76 bits per heavy atom. The first-order valence-corrected chi connectivity index (χ1v) is 6.81. The zero-order valence-electron chi connectivity index (χ0n) is 11.7. The fourth-order valence-corrected chi connectivity index (χ4v) is 2.11. The molecule has 0 saturated heterocycles. The maximum atomic E-state index is 11.6. The standard InChI is InChI=1S/C16H15N3O2/c1-2-15(20)12-6-8-14(9-7-12)21-10-13-4-3-5-16-17-11-18-19(13)16/h3-9,11H,2,10H2,1H3. The normalized spacial score (nSPS) is 10.7. The summed E-state index contributed by atoms with van der Waals surface area (Å²) in [5, 5.41) is 4.16. The molecule has 0 amide bonds. The summed E-state index contributed by atoms with van der Waals surface area (Å²) in [6, 6.07) is 13.0. The van der Waals surface area contributed by atoms with Crippen LogP contribution in [0.5, 0.6) is 5.75 Å². The van der Waals surface area contributed by atoms with Crippen molar-refractivity contribution in [1.82, 2.24) is 14.6 Å². The Hall–Kier alpha value is -2.69. The van der Waals surface area contributed by atoms with E-state index in [0.717, 1.165) is 17.1 Å². The van der Waals surface area contributed by atoms with Crippen LogP contribution in [0, 0.1) is 0 Å². The SMILES string of the molecule is CCC(=O)c1ccc(OCc2cccc3ncnn23)cc1. The second kappa shape index (κ2) is 5.75. The first-order chi connectivity index (χ1) is 10.3. The Balaban J connectivity index is 1.73. The van der Waals surface area contributed by atoms with E-state index in [-0.39, 0.29) is 5.78 Å². The maximum Gasteiger partial charge on any atom is 0.162 e. The van der Waals surface area contributed by atoms with Gasteiger partial charge >= 0.3 is 0 Å². The van der Waals surface area contributed by atoms with Gasteiger partial charge in [-0.3, -0.25) is 4.79 Å². The van der Waals surface area contributed by atoms with Crippen LogP contribution < -0.4 is 4.74 Å². The van der Waals surface area contributed by atoms with Gasteiger partial charge in [0.1, 0.15) is 18.7 Å². The van der Waals surface area contributed by atoms with Crippen LogP contribution in [0.25, 0.3) is 5.65 Å². The molecule has 106 valence electrons. The molecule has 1 aromatic carbocycles. The van der Waals surface area contributed by atoms with Crippen LogP contribution in [-0.4, -0.2) is 20.4 Å². The molecular formula is C16H15N3O2. The number of ether oxygens (including phenoxy) is 1. The topological polar surface area (TPSA) is 56.5 Å². The summed E-state index contributed by atoms with van der Waals surface area (Å²) in [6.07, 6.45) is 2.03. The Kier molecular flexibility index (Phi) is 3.64. The highest BCUT2D eigenvalue weighted by Crippen LogP contribution is 2.15. The number of nitrogens with zero attached hydrogens (tertiary/aromatic N) is 3. The van der Waals surface area contributed by atoms with Gasteiger partial charge in [0.25, 0.3) is 0 Å². The van der Waals surface area contributed by atoms with E-state index < -0.39 is 0 Å². The van der Waals surface area contributed by atoms with Crippen LogP contribution in [0.2, 0.25) is 0 Å². The molecule has 0 aliphatic carbocycles. The minimum atomic E-state index is 0.133. The third-order valence-electron chi connectivity index (χ3n) is 3.26. The van der Waals surface area contributed by atoms with Gasteiger partial charge in [0.05, 0.1) is 5.69 Å². The second-order valence-corrected chi connectivity index (χ2v) is 4.64. The van der Waals surface area contributed by atoms with Crippen LogP contribution in [0.3, 0.4) is 0 Å². The van der Waals surface area contributed by atoms with Gasteiger partial charge in [-0.2, -0.15) is 5.10 Å². The highest BCUT2D eigenvalue weighted by Gasteiger charge is 2.05. The van der Waals surface area contributed by atoms with E-state index in [1.807, 2.05) is 37.3 Å². The summed E-state index contributed by atoms with van der Waals surface area (Å²) in [4.78, 5) is 15.7. The fourth-order valence-electron chi connectivity index (χ4n) is 2.11. The lowest BCUT2D eigenvalue weighted by atomic mass is 10.1. The monoisotopic (exact) mass is 281 g/mol. The van der Waals surface area contributed by atoms with Crippen LogP contribution in [0.15, 0.2) is 48.8 Å². The molecule has 0 saturated carbocycles. The highest BCUT2D eigenvalue weighted by atomic mass is 16.5. The van der Waals surface area contributed by atoms with Gasteiger partial charge < -0.3 is 4.74 Å². The number of ketones is 1. The summed E-state index contributed by atoms with van der Waals surface area (Å²) in [6.45, 7) is 2.24. The number of hydrogen-bond acceptors (Lipinski definition) is 4. The van der Waals surface area contributed by atoms with E-state index in [9.17, 15) is 4.79 Å². The number of Topliss-reactive ketones (excluding diaryl/α,β-unsaturated/α-hetero) is 1. The minimum Gasteiger partial charge on any atom is -0.487 e. The predicted octanol–water partition coefficient (Wildman–Crippen LogP) is 2.90. The number of carbonyl (C=O) groups is 1. The van der Waals surface area contributed by atoms with Gasteiger partial charge in [0.2, 0.25) is 0 Å². The summed E-state index contributed by atoms with van der Waals surface area (Å²) in [5.41, 5.74) is 2.42. The van der Waals surface area contributed by atoms with Crippen molar-refractivity contribution in [1.29, 1.82) is 0 Å². The quantitative estimate of drug-likeness (QED) is 0.675. The second-order valence-electron chi connectivity index (χ2n) is 4.64. The van der Waals surface area contributed by atoms with Crippen LogP contribution in [0.1, 0.15) is 29.4 Å². The van der Waals surface area contributed by atoms with Crippen molar-refractivity contribution in [2.24, 2.45) is 0 Å². The molecule has 0 fully saturated rings. The molecule has 3 aromatic rings. The Morgan fingerprint density at radius 1 is 1.19 bits per heavy atom. The molecule has 0 bridgehead atoms. The van der Waals surface area contributed by atoms with Crippen LogP contribution in [0.4, 0.5) is 0 Å². The number of fused-ring (bicyclic) bond motifs is 1. The zero-order chi connectivity index (χ0) is 14.7. The van der Waals surface area contributed by atoms with Crippen molar-refractivity contribution in [2.45, 2.75) is 20.0 Å². The molecule has 21 heavy (non-hydrogen) atoms. The molecule has 0 N–H and O–H groups in total. The van der Waals surface area contributed by atoms with Crippen molar-refractivity contribution in [3.05, 3.63) is 60.0 Å². The fraction of sp³-hybridized carbons (Fsp3) is 0.188. The Morgan fingerprint density at radius 2 is 2.00 bits per heavy atom. The average Bonchev–Trinajstić information content (AvgIpc) is 3.02. The molecule has 2 aromatic heterocycles. The summed E-state index contributed by atoms with van der Waals surface area (Å²) in [7, 11) is 0. The Bertz CT molecular complexity index is 763. The number of carbonyl (C=O) groups excluding carboxylic acids is 1. The minimum absolute atomic E-state index is 0.133. The molecule has 0 radical (unpaired) electrons. The summed E-state index contributed by atoms with van der Waals surface area (Å²) >= 11 is 0. The van der Waals surface area contributed by atoms with Crippen molar-refractivity contribution in [2.75, 3.05) is 0 Å². The van der Waals surface area contributed by atoms with Crippen LogP contribution >= 0.6 is 0 Å². The van der Waals surface area contributed by atoms with Gasteiger partial charge in [0, 0.05) is 12.0 Å². The van der Waals surface area contributed by atoms with E-state index in [1.165, 1.54) is 6.33 Å². The lowest BCUT2D eigenvalue weighted by Crippen LogP contribution is -2.03. The molecule has 5 heteroatoms. The number of pyridine rings is 1. The lowest BCUT2D eigenvalue weighted by molar-refractivity contribution is 0.0988. The first-order valence-electron chi connectivity index (χ1n) is 6.81. The molecule has 0 spiro atoms. The van der Waals surface area contributed by atoms with E-state index in [0.29, 0.717) is 18.6 Å². The Labute approximate surface area is 122 Å². The lowest BCUT2D eigenvalue weighted by Gasteiger charge is -2.08. The molecule has 3 rings (SSSR count). The molecule has 0 unspecified atom stereocenters. The molecule has 5 nitrogen and oxygen atoms in total. The molecule has 0 aliphatic heterocycles. The molecular weight excluding hydrogens is 266 g/mol. The number of benzene rings is 1. The van der Waals surface area contributed by atoms with Crippen LogP contribution in [-0.2, 0) is 6.61 Å². The number of aromatic nitrogens is 3. The largest absolute Gasteiger partial charge is 0.487 e. The van der Waals surface area contributed by atoms with E-state index >= 15 is 0 Å². The summed E-state index contributed by atoms with van der Waals surface area (Å²) < 4.78 is 7.48. The van der Waals surface area contributed by atoms with Gasteiger partial charge in [-0.15, -0.1) is 0 Å². The van der Waals surface area contributed by atoms with Gasteiger partial charge in [0.15, 0.2) is 11.4 Å². The highest BCUT2D eigenvalue weighted by molar-refractivity contribution is 5.95. The molecule has 0 aliphatic rings. The van der Waals surface area contributed by atoms with Crippen molar-refractivity contribution in [3.8, 4) is 5.75 Å².